The molecule has 0 radical (unpaired) electrons. The minimum absolute atomic E-state index is 0.282. The zero-order chi connectivity index (χ0) is 14.1. The molecule has 3 heterocycles. The van der Waals surface area contributed by atoms with Gasteiger partial charge in [0, 0.05) is 25.6 Å². The van der Waals surface area contributed by atoms with E-state index < -0.39 is 0 Å². The second-order valence-electron chi connectivity index (χ2n) is 6.33. The van der Waals surface area contributed by atoms with Crippen molar-refractivity contribution >= 4 is 6.02 Å². The fourth-order valence-corrected chi connectivity index (χ4v) is 3.65. The fourth-order valence-electron chi connectivity index (χ4n) is 3.65. The Morgan fingerprint density at radius 2 is 2.14 bits per heavy atom. The molecule has 3 aliphatic rings. The van der Waals surface area contributed by atoms with Gasteiger partial charge in [-0.25, -0.2) is 4.99 Å². The highest BCUT2D eigenvalue weighted by molar-refractivity contribution is 5.76. The van der Waals surface area contributed by atoms with Crippen LogP contribution in [0.5, 0.6) is 0 Å². The quantitative estimate of drug-likeness (QED) is 0.855. The first kappa shape index (κ1) is 13.1. The van der Waals surface area contributed by atoms with E-state index >= 15 is 0 Å². The van der Waals surface area contributed by atoms with Crippen LogP contribution in [0.2, 0.25) is 0 Å². The van der Waals surface area contributed by atoms with Crippen molar-refractivity contribution in [1.29, 1.82) is 0 Å². The van der Waals surface area contributed by atoms with Gasteiger partial charge in [0.15, 0.2) is 0 Å². The Balaban J connectivity index is 1.40. The number of hydrogen-bond acceptors (Lipinski definition) is 4. The van der Waals surface area contributed by atoms with E-state index in [1.807, 2.05) is 0 Å². The van der Waals surface area contributed by atoms with E-state index in [4.69, 9.17) is 4.74 Å². The highest BCUT2D eigenvalue weighted by Crippen LogP contribution is 2.25. The van der Waals surface area contributed by atoms with Crippen LogP contribution in [0.15, 0.2) is 29.3 Å². The van der Waals surface area contributed by atoms with Crippen molar-refractivity contribution in [2.24, 2.45) is 10.9 Å². The number of fused-ring (bicyclic) bond motifs is 1. The van der Waals surface area contributed by atoms with E-state index in [2.05, 4.69) is 39.5 Å². The third-order valence-electron chi connectivity index (χ3n) is 4.93. The molecular weight excluding hydrogens is 262 g/mol. The van der Waals surface area contributed by atoms with Crippen molar-refractivity contribution in [1.82, 2.24) is 10.2 Å². The highest BCUT2D eigenvalue weighted by atomic mass is 16.5. The van der Waals surface area contributed by atoms with Crippen molar-refractivity contribution < 1.29 is 4.74 Å². The van der Waals surface area contributed by atoms with Gasteiger partial charge in [-0.1, -0.05) is 24.3 Å². The van der Waals surface area contributed by atoms with Gasteiger partial charge < -0.3 is 15.0 Å². The fraction of sp³-hybridized carbons (Fsp3) is 0.588. The Hall–Kier alpha value is -1.55. The SMILES string of the molecule is c1ccc2c(c1)CCN(C1=NCC(C3CCCNC3)O1)C2. The minimum Gasteiger partial charge on any atom is -0.460 e. The van der Waals surface area contributed by atoms with Crippen molar-refractivity contribution in [2.45, 2.75) is 31.9 Å². The normalized spacial score (nSPS) is 28.8. The molecule has 0 aliphatic carbocycles. The number of hydrogen-bond donors (Lipinski definition) is 1. The van der Waals surface area contributed by atoms with Crippen molar-refractivity contribution in [3.8, 4) is 0 Å². The summed E-state index contributed by atoms with van der Waals surface area (Å²) in [7, 11) is 0. The number of ether oxygens (including phenoxy) is 1. The van der Waals surface area contributed by atoms with E-state index in [0.29, 0.717) is 5.92 Å². The second kappa shape index (κ2) is 5.68. The third kappa shape index (κ3) is 2.64. The summed E-state index contributed by atoms with van der Waals surface area (Å²) in [6.45, 7) is 5.02. The zero-order valence-corrected chi connectivity index (χ0v) is 12.4. The maximum Gasteiger partial charge on any atom is 0.288 e. The Morgan fingerprint density at radius 3 is 3.00 bits per heavy atom. The molecule has 1 saturated heterocycles. The first-order valence-electron chi connectivity index (χ1n) is 8.14. The predicted octanol–water partition coefficient (Wildman–Crippen LogP) is 1.80. The van der Waals surface area contributed by atoms with Gasteiger partial charge in [0.05, 0.1) is 6.54 Å². The average molecular weight is 285 g/mol. The molecule has 1 aromatic rings. The summed E-state index contributed by atoms with van der Waals surface area (Å²) in [5, 5.41) is 3.47. The first-order valence-corrected chi connectivity index (χ1v) is 8.14. The molecule has 2 atom stereocenters. The summed E-state index contributed by atoms with van der Waals surface area (Å²) in [6, 6.07) is 9.58. The molecule has 112 valence electrons. The summed E-state index contributed by atoms with van der Waals surface area (Å²) in [6.07, 6.45) is 3.90. The molecule has 0 amide bonds. The number of aliphatic imine (C=N–C) groups is 1. The Kier molecular flexibility index (Phi) is 3.55. The highest BCUT2D eigenvalue weighted by Gasteiger charge is 2.32. The van der Waals surface area contributed by atoms with Crippen LogP contribution < -0.4 is 5.32 Å². The van der Waals surface area contributed by atoms with Crippen LogP contribution in [0.25, 0.3) is 0 Å². The molecule has 1 fully saturated rings. The molecule has 2 unspecified atom stereocenters. The number of piperidine rings is 1. The average Bonchev–Trinajstić information content (AvgIpc) is 3.05. The summed E-state index contributed by atoms with van der Waals surface area (Å²) in [5.41, 5.74) is 2.89. The molecule has 4 heteroatoms. The maximum atomic E-state index is 6.19. The van der Waals surface area contributed by atoms with Crippen molar-refractivity contribution in [3.63, 3.8) is 0 Å². The lowest BCUT2D eigenvalue weighted by Crippen LogP contribution is -2.41. The van der Waals surface area contributed by atoms with Crippen molar-refractivity contribution in [3.05, 3.63) is 35.4 Å². The number of amidine groups is 1. The molecule has 1 N–H and O–H groups in total. The molecule has 3 aliphatic heterocycles. The Bertz CT molecular complexity index is 537. The Morgan fingerprint density at radius 1 is 1.24 bits per heavy atom. The molecular formula is C17H23N3O. The number of nitrogens with zero attached hydrogens (tertiary/aromatic N) is 2. The van der Waals surface area contributed by atoms with E-state index in [9.17, 15) is 0 Å². The van der Waals surface area contributed by atoms with Gasteiger partial charge in [0.25, 0.3) is 6.02 Å². The summed E-state index contributed by atoms with van der Waals surface area (Å²) in [5.74, 6) is 0.622. The third-order valence-corrected chi connectivity index (χ3v) is 4.93. The van der Waals surface area contributed by atoms with Crippen molar-refractivity contribution in [2.75, 3.05) is 26.2 Å². The minimum atomic E-state index is 0.282. The van der Waals surface area contributed by atoms with Crippen LogP contribution in [0, 0.1) is 5.92 Å². The summed E-state index contributed by atoms with van der Waals surface area (Å²) >= 11 is 0. The number of benzene rings is 1. The van der Waals surface area contributed by atoms with Gasteiger partial charge in [0.2, 0.25) is 0 Å². The van der Waals surface area contributed by atoms with Crippen LogP contribution >= 0.6 is 0 Å². The topological polar surface area (TPSA) is 36.9 Å². The van der Waals surface area contributed by atoms with Gasteiger partial charge >= 0.3 is 0 Å². The lowest BCUT2D eigenvalue weighted by Gasteiger charge is -2.32. The number of rotatable bonds is 1. The summed E-state index contributed by atoms with van der Waals surface area (Å²) in [4.78, 5) is 6.99. The smallest absolute Gasteiger partial charge is 0.288 e. The molecule has 0 bridgehead atoms. The molecule has 0 saturated carbocycles. The monoisotopic (exact) mass is 285 g/mol. The van der Waals surface area contributed by atoms with Crippen LogP contribution in [0.4, 0.5) is 0 Å². The second-order valence-corrected chi connectivity index (χ2v) is 6.33. The molecule has 0 aromatic heterocycles. The molecule has 4 nitrogen and oxygen atoms in total. The van der Waals surface area contributed by atoms with Gasteiger partial charge in [-0.3, -0.25) is 0 Å². The van der Waals surface area contributed by atoms with Crippen LogP contribution in [0.3, 0.4) is 0 Å². The van der Waals surface area contributed by atoms with E-state index in [1.54, 1.807) is 0 Å². The van der Waals surface area contributed by atoms with E-state index in [-0.39, 0.29) is 6.10 Å². The predicted molar refractivity (Wildman–Crippen MR) is 83.3 cm³/mol. The summed E-state index contributed by atoms with van der Waals surface area (Å²) < 4.78 is 6.19. The lowest BCUT2D eigenvalue weighted by atomic mass is 9.94. The molecule has 0 spiro atoms. The molecule has 21 heavy (non-hydrogen) atoms. The zero-order valence-electron chi connectivity index (χ0n) is 12.4. The van der Waals surface area contributed by atoms with E-state index in [0.717, 1.165) is 45.2 Å². The van der Waals surface area contributed by atoms with Crippen LogP contribution in [0.1, 0.15) is 24.0 Å². The van der Waals surface area contributed by atoms with Gasteiger partial charge in [-0.15, -0.1) is 0 Å². The Labute approximate surface area is 126 Å². The first-order chi connectivity index (χ1) is 10.4. The molecule has 1 aromatic carbocycles. The number of nitrogens with one attached hydrogen (secondary N) is 1. The standard InChI is InChI=1S/C17H23N3O/c1-2-5-15-12-20(9-7-13(15)4-1)17-19-11-16(21-17)14-6-3-8-18-10-14/h1-2,4-5,14,16,18H,3,6-12H2. The lowest BCUT2D eigenvalue weighted by molar-refractivity contribution is 0.108. The maximum absolute atomic E-state index is 6.19. The van der Waals surface area contributed by atoms with Gasteiger partial charge in [0.1, 0.15) is 6.10 Å². The van der Waals surface area contributed by atoms with E-state index in [1.165, 1.54) is 24.0 Å². The largest absolute Gasteiger partial charge is 0.460 e. The van der Waals surface area contributed by atoms with Gasteiger partial charge in [-0.05, 0) is 36.9 Å². The van der Waals surface area contributed by atoms with Gasteiger partial charge in [-0.2, -0.15) is 0 Å². The van der Waals surface area contributed by atoms with Crippen LogP contribution in [-0.2, 0) is 17.7 Å². The van der Waals surface area contributed by atoms with Crippen LogP contribution in [-0.4, -0.2) is 43.2 Å². The molecule has 4 rings (SSSR count).